The molecule has 0 aliphatic rings. The number of rotatable bonds is 6. The summed E-state index contributed by atoms with van der Waals surface area (Å²) in [4.78, 5) is 11.4. The summed E-state index contributed by atoms with van der Waals surface area (Å²) in [6.07, 6.45) is 0. The lowest BCUT2D eigenvalue weighted by atomic mass is 10.2. The summed E-state index contributed by atoms with van der Waals surface area (Å²) in [5.41, 5.74) is 13.6. The minimum Gasteiger partial charge on any atom is -0.497 e. The molecule has 0 spiro atoms. The van der Waals surface area contributed by atoms with Crippen LogP contribution in [0, 0.1) is 0 Å². The van der Waals surface area contributed by atoms with E-state index in [0.717, 1.165) is 22.8 Å². The predicted octanol–water partition coefficient (Wildman–Crippen LogP) is 2.59. The fourth-order valence-electron chi connectivity index (χ4n) is 2.34. The Morgan fingerprint density at radius 2 is 1.76 bits per heavy atom. The first-order valence-corrected chi connectivity index (χ1v) is 7.48. The first kappa shape index (κ1) is 16.2. The summed E-state index contributed by atoms with van der Waals surface area (Å²) in [6, 6.07) is 15.1. The largest absolute Gasteiger partial charge is 0.497 e. The minimum absolute atomic E-state index is 0.131. The van der Waals surface area contributed by atoms with Crippen LogP contribution in [0.4, 0.5) is 28.7 Å². The van der Waals surface area contributed by atoms with Gasteiger partial charge in [0.15, 0.2) is 5.82 Å². The number of aromatic nitrogens is 2. The van der Waals surface area contributed by atoms with E-state index in [1.807, 2.05) is 48.5 Å². The van der Waals surface area contributed by atoms with Crippen LogP contribution in [0.1, 0.15) is 10.4 Å². The lowest BCUT2D eigenvalue weighted by Crippen LogP contribution is -2.14. The molecule has 3 aromatic rings. The van der Waals surface area contributed by atoms with Gasteiger partial charge in [-0.1, -0.05) is 6.07 Å². The van der Waals surface area contributed by atoms with Gasteiger partial charge in [-0.3, -0.25) is 9.89 Å². The van der Waals surface area contributed by atoms with Crippen molar-refractivity contribution in [2.75, 3.05) is 23.5 Å². The van der Waals surface area contributed by atoms with Gasteiger partial charge in [0.05, 0.1) is 7.11 Å². The highest BCUT2D eigenvalue weighted by atomic mass is 16.5. The zero-order valence-electron chi connectivity index (χ0n) is 13.5. The molecule has 3 rings (SSSR count). The second-order valence-electron chi connectivity index (χ2n) is 5.28. The molecule has 25 heavy (non-hydrogen) atoms. The highest BCUT2D eigenvalue weighted by Gasteiger charge is 2.16. The van der Waals surface area contributed by atoms with Crippen LogP contribution in [0.15, 0.2) is 48.5 Å². The van der Waals surface area contributed by atoms with E-state index in [1.54, 1.807) is 7.11 Å². The number of carbonyl (C=O) groups excluding carboxylic acids is 1. The summed E-state index contributed by atoms with van der Waals surface area (Å²) >= 11 is 0. The van der Waals surface area contributed by atoms with Crippen molar-refractivity contribution < 1.29 is 9.53 Å². The van der Waals surface area contributed by atoms with E-state index in [0.29, 0.717) is 5.82 Å². The summed E-state index contributed by atoms with van der Waals surface area (Å²) in [5, 5.41) is 12.8. The fourth-order valence-corrected chi connectivity index (χ4v) is 2.34. The van der Waals surface area contributed by atoms with Crippen molar-refractivity contribution in [2.45, 2.75) is 0 Å². The smallest absolute Gasteiger partial charge is 0.256 e. The number of primary amides is 1. The molecular weight excluding hydrogens is 320 g/mol. The van der Waals surface area contributed by atoms with E-state index in [9.17, 15) is 4.79 Å². The molecule has 0 radical (unpaired) electrons. The first-order valence-electron chi connectivity index (χ1n) is 7.48. The zero-order chi connectivity index (χ0) is 17.8. The Kier molecular flexibility index (Phi) is 4.42. The summed E-state index contributed by atoms with van der Waals surface area (Å²) < 4.78 is 5.20. The van der Waals surface area contributed by atoms with Gasteiger partial charge in [-0.05, 0) is 36.4 Å². The average Bonchev–Trinajstić information content (AvgIpc) is 2.97. The molecule has 1 aromatic heterocycles. The molecule has 0 unspecified atom stereocenters. The van der Waals surface area contributed by atoms with Crippen LogP contribution in [0.5, 0.6) is 5.75 Å². The van der Waals surface area contributed by atoms with Gasteiger partial charge in [-0.15, -0.1) is 0 Å². The molecule has 0 aliphatic carbocycles. The number of hydrogen-bond acceptors (Lipinski definition) is 6. The Bertz CT molecular complexity index is 888. The van der Waals surface area contributed by atoms with E-state index in [-0.39, 0.29) is 11.4 Å². The Labute approximate surface area is 144 Å². The highest BCUT2D eigenvalue weighted by Crippen LogP contribution is 2.25. The molecule has 7 N–H and O–H groups in total. The second kappa shape index (κ2) is 6.83. The van der Waals surface area contributed by atoms with E-state index in [2.05, 4.69) is 20.8 Å². The Balaban J connectivity index is 1.73. The van der Waals surface area contributed by atoms with Gasteiger partial charge in [-0.25, -0.2) is 0 Å². The Hall–Kier alpha value is -3.68. The number of methoxy groups -OCH3 is 1. The Morgan fingerprint density at radius 1 is 1.08 bits per heavy atom. The number of ether oxygens (including phenoxy) is 1. The third-order valence-corrected chi connectivity index (χ3v) is 3.55. The van der Waals surface area contributed by atoms with Gasteiger partial charge in [-0.2, -0.15) is 5.10 Å². The number of nitrogen functional groups attached to an aromatic ring is 1. The number of H-pyrrole nitrogens is 1. The van der Waals surface area contributed by atoms with Crippen LogP contribution in [-0.2, 0) is 0 Å². The van der Waals surface area contributed by atoms with Crippen molar-refractivity contribution in [2.24, 2.45) is 5.73 Å². The van der Waals surface area contributed by atoms with Crippen LogP contribution in [0.3, 0.4) is 0 Å². The molecule has 128 valence electrons. The third-order valence-electron chi connectivity index (χ3n) is 3.55. The fraction of sp³-hybridized carbons (Fsp3) is 0.0588. The van der Waals surface area contributed by atoms with Gasteiger partial charge in [0, 0.05) is 23.1 Å². The second-order valence-corrected chi connectivity index (χ2v) is 5.28. The van der Waals surface area contributed by atoms with Crippen LogP contribution in [0.25, 0.3) is 0 Å². The molecule has 0 saturated carbocycles. The molecule has 2 aromatic carbocycles. The molecule has 8 nitrogen and oxygen atoms in total. The maximum Gasteiger partial charge on any atom is 0.256 e. The minimum atomic E-state index is -0.648. The van der Waals surface area contributed by atoms with Crippen molar-refractivity contribution in [1.82, 2.24) is 10.2 Å². The molecular formula is C17H18N6O2. The topological polar surface area (TPSA) is 131 Å². The van der Waals surface area contributed by atoms with E-state index >= 15 is 0 Å². The van der Waals surface area contributed by atoms with Crippen LogP contribution < -0.4 is 26.8 Å². The van der Waals surface area contributed by atoms with Gasteiger partial charge in [0.2, 0.25) is 0 Å². The molecule has 1 amide bonds. The maximum absolute atomic E-state index is 11.4. The summed E-state index contributed by atoms with van der Waals surface area (Å²) in [6.45, 7) is 0. The van der Waals surface area contributed by atoms with Gasteiger partial charge >= 0.3 is 0 Å². The lowest BCUT2D eigenvalue weighted by Gasteiger charge is -2.10. The Morgan fingerprint density at radius 3 is 2.40 bits per heavy atom. The number of aromatic amines is 1. The normalized spacial score (nSPS) is 10.3. The summed E-state index contributed by atoms with van der Waals surface area (Å²) in [5.74, 6) is 0.549. The number of anilines is 5. The number of nitrogens with zero attached hydrogens (tertiary/aromatic N) is 1. The van der Waals surface area contributed by atoms with Crippen molar-refractivity contribution in [3.8, 4) is 5.75 Å². The molecule has 8 heteroatoms. The molecule has 0 atom stereocenters. The lowest BCUT2D eigenvalue weighted by molar-refractivity contribution is 0.100. The maximum atomic E-state index is 11.4. The van der Waals surface area contributed by atoms with E-state index in [4.69, 9.17) is 16.2 Å². The van der Waals surface area contributed by atoms with Crippen molar-refractivity contribution in [3.63, 3.8) is 0 Å². The monoisotopic (exact) mass is 338 g/mol. The van der Waals surface area contributed by atoms with Crippen molar-refractivity contribution in [3.05, 3.63) is 54.1 Å². The van der Waals surface area contributed by atoms with E-state index < -0.39 is 5.91 Å². The molecule has 0 fully saturated rings. The van der Waals surface area contributed by atoms with Crippen LogP contribution >= 0.6 is 0 Å². The standard InChI is InChI=1S/C17H18N6O2/c1-25-13-4-2-3-12(9-13)20-10-5-7-11(8-6-10)21-17-14(16(19)24)15(18)22-23-17/h2-9,20H,1H3,(H2,19,24)(H4,18,21,22,23). The van der Waals surface area contributed by atoms with Crippen LogP contribution in [-0.4, -0.2) is 23.2 Å². The molecule has 0 saturated heterocycles. The zero-order valence-corrected chi connectivity index (χ0v) is 13.5. The van der Waals surface area contributed by atoms with Crippen molar-refractivity contribution in [1.29, 1.82) is 0 Å². The van der Waals surface area contributed by atoms with E-state index in [1.165, 1.54) is 0 Å². The number of nitrogens with one attached hydrogen (secondary N) is 3. The van der Waals surface area contributed by atoms with Crippen molar-refractivity contribution >= 4 is 34.6 Å². The van der Waals surface area contributed by atoms with Gasteiger partial charge in [0.25, 0.3) is 5.91 Å². The molecule has 1 heterocycles. The number of amides is 1. The number of nitrogens with two attached hydrogens (primary N) is 2. The SMILES string of the molecule is COc1cccc(Nc2ccc(Nc3n[nH]c(N)c3C(N)=O)cc2)c1. The van der Waals surface area contributed by atoms with Gasteiger partial charge in [0.1, 0.15) is 17.1 Å². The molecule has 0 aliphatic heterocycles. The number of hydrogen-bond donors (Lipinski definition) is 5. The summed E-state index contributed by atoms with van der Waals surface area (Å²) in [7, 11) is 1.63. The van der Waals surface area contributed by atoms with Crippen LogP contribution in [0.2, 0.25) is 0 Å². The average molecular weight is 338 g/mol. The van der Waals surface area contributed by atoms with Gasteiger partial charge < -0.3 is 26.8 Å². The predicted molar refractivity (Wildman–Crippen MR) is 97.5 cm³/mol. The first-order chi connectivity index (χ1) is 12.1. The number of benzene rings is 2. The number of carbonyl (C=O) groups is 1. The third kappa shape index (κ3) is 3.63. The highest BCUT2D eigenvalue weighted by molar-refractivity contribution is 6.02. The molecule has 0 bridgehead atoms. The quantitative estimate of drug-likeness (QED) is 0.469.